The van der Waals surface area contributed by atoms with E-state index in [2.05, 4.69) is 0 Å². The SMILES string of the molecule is O=C(c1ccccc1[N+](=O)[O-])N(CCc1cccs1)C1CC1. The smallest absolute Gasteiger partial charge is 0.282 e. The molecular weight excluding hydrogens is 300 g/mol. The van der Waals surface area contributed by atoms with Gasteiger partial charge in [-0.25, -0.2) is 0 Å². The van der Waals surface area contributed by atoms with Crippen molar-refractivity contribution in [3.8, 4) is 0 Å². The lowest BCUT2D eigenvalue weighted by Gasteiger charge is -2.22. The summed E-state index contributed by atoms with van der Waals surface area (Å²) in [6, 6.07) is 10.5. The lowest BCUT2D eigenvalue weighted by Crippen LogP contribution is -2.35. The summed E-state index contributed by atoms with van der Waals surface area (Å²) in [5.41, 5.74) is 0.0693. The zero-order chi connectivity index (χ0) is 15.5. The third-order valence-corrected chi connectivity index (χ3v) is 4.70. The molecule has 0 atom stereocenters. The normalized spacial score (nSPS) is 13.8. The maximum Gasteiger partial charge on any atom is 0.282 e. The Morgan fingerprint density at radius 2 is 2.05 bits per heavy atom. The fraction of sp³-hybridized carbons (Fsp3) is 0.312. The molecule has 6 heteroatoms. The minimum Gasteiger partial charge on any atom is -0.335 e. The number of hydrogen-bond acceptors (Lipinski definition) is 4. The van der Waals surface area contributed by atoms with Crippen LogP contribution >= 0.6 is 11.3 Å². The number of amides is 1. The highest BCUT2D eigenvalue weighted by Crippen LogP contribution is 2.30. The molecule has 0 N–H and O–H groups in total. The number of nitro benzene ring substituents is 1. The van der Waals surface area contributed by atoms with Crippen LogP contribution in [0.15, 0.2) is 41.8 Å². The van der Waals surface area contributed by atoms with Crippen molar-refractivity contribution in [2.24, 2.45) is 0 Å². The fourth-order valence-corrected chi connectivity index (χ4v) is 3.19. The predicted octanol–water partition coefficient (Wildman–Crippen LogP) is 3.50. The molecule has 0 unspecified atom stereocenters. The van der Waals surface area contributed by atoms with Gasteiger partial charge in [0, 0.05) is 23.5 Å². The van der Waals surface area contributed by atoms with E-state index in [1.807, 2.05) is 17.5 Å². The molecule has 3 rings (SSSR count). The average molecular weight is 316 g/mol. The number of carbonyl (C=O) groups excluding carboxylic acids is 1. The van der Waals surface area contributed by atoms with Gasteiger partial charge in [-0.15, -0.1) is 11.3 Å². The van der Waals surface area contributed by atoms with E-state index >= 15 is 0 Å². The summed E-state index contributed by atoms with van der Waals surface area (Å²) in [7, 11) is 0. The van der Waals surface area contributed by atoms with Crippen molar-refractivity contribution in [3.05, 3.63) is 62.3 Å². The number of thiophene rings is 1. The van der Waals surface area contributed by atoms with Crippen LogP contribution in [-0.4, -0.2) is 28.3 Å². The summed E-state index contributed by atoms with van der Waals surface area (Å²) in [4.78, 5) is 26.4. The van der Waals surface area contributed by atoms with Gasteiger partial charge in [0.2, 0.25) is 0 Å². The van der Waals surface area contributed by atoms with E-state index in [0.29, 0.717) is 6.54 Å². The number of nitro groups is 1. The Morgan fingerprint density at radius 1 is 1.27 bits per heavy atom. The molecule has 0 saturated heterocycles. The van der Waals surface area contributed by atoms with Gasteiger partial charge in [-0.3, -0.25) is 14.9 Å². The number of hydrogen-bond donors (Lipinski definition) is 0. The Bertz CT molecular complexity index is 680. The second-order valence-electron chi connectivity index (χ2n) is 5.33. The Kier molecular flexibility index (Phi) is 4.20. The maximum atomic E-state index is 12.7. The maximum absolute atomic E-state index is 12.7. The van der Waals surface area contributed by atoms with Gasteiger partial charge in [0.05, 0.1) is 4.92 Å². The number of nitrogens with zero attached hydrogens (tertiary/aromatic N) is 2. The third kappa shape index (κ3) is 3.17. The molecule has 1 aromatic carbocycles. The van der Waals surface area contributed by atoms with E-state index in [-0.39, 0.29) is 23.2 Å². The van der Waals surface area contributed by atoms with E-state index in [1.165, 1.54) is 10.9 Å². The molecule has 0 radical (unpaired) electrons. The third-order valence-electron chi connectivity index (χ3n) is 3.76. The monoisotopic (exact) mass is 316 g/mol. The van der Waals surface area contributed by atoms with Gasteiger partial charge < -0.3 is 4.90 Å². The largest absolute Gasteiger partial charge is 0.335 e. The molecule has 2 aromatic rings. The minimum absolute atomic E-state index is 0.116. The molecule has 1 aliphatic carbocycles. The highest BCUT2D eigenvalue weighted by atomic mass is 32.1. The van der Waals surface area contributed by atoms with Gasteiger partial charge >= 0.3 is 0 Å². The van der Waals surface area contributed by atoms with Crippen molar-refractivity contribution in [2.75, 3.05) is 6.54 Å². The van der Waals surface area contributed by atoms with Crippen LogP contribution in [0.25, 0.3) is 0 Å². The highest BCUT2D eigenvalue weighted by molar-refractivity contribution is 7.09. The van der Waals surface area contributed by atoms with Gasteiger partial charge in [-0.2, -0.15) is 0 Å². The Hall–Kier alpha value is -2.21. The summed E-state index contributed by atoms with van der Waals surface area (Å²) >= 11 is 1.67. The Morgan fingerprint density at radius 3 is 2.68 bits per heavy atom. The van der Waals surface area contributed by atoms with Crippen LogP contribution in [-0.2, 0) is 6.42 Å². The molecule has 0 aliphatic heterocycles. The second kappa shape index (κ2) is 6.27. The first kappa shape index (κ1) is 14.7. The van der Waals surface area contributed by atoms with Crippen molar-refractivity contribution < 1.29 is 9.72 Å². The number of benzene rings is 1. The standard InChI is InChI=1S/C16H16N2O3S/c19-16(14-5-1-2-6-15(14)18(20)21)17(12-7-8-12)10-9-13-4-3-11-22-13/h1-6,11-12H,7-10H2. The Labute approximate surface area is 132 Å². The molecule has 1 aromatic heterocycles. The summed E-state index contributed by atoms with van der Waals surface area (Å²) in [6.45, 7) is 0.607. The zero-order valence-corrected chi connectivity index (χ0v) is 12.8. The lowest BCUT2D eigenvalue weighted by atomic mass is 10.1. The van der Waals surface area contributed by atoms with E-state index in [4.69, 9.17) is 0 Å². The molecular formula is C16H16N2O3S. The fourth-order valence-electron chi connectivity index (χ4n) is 2.49. The molecule has 0 spiro atoms. The van der Waals surface area contributed by atoms with Gasteiger partial charge in [0.25, 0.3) is 11.6 Å². The molecule has 0 bridgehead atoms. The summed E-state index contributed by atoms with van der Waals surface area (Å²) in [5, 5.41) is 13.1. The van der Waals surface area contributed by atoms with Gasteiger partial charge in [-0.1, -0.05) is 18.2 Å². The van der Waals surface area contributed by atoms with Crippen molar-refractivity contribution in [2.45, 2.75) is 25.3 Å². The van der Waals surface area contributed by atoms with E-state index in [1.54, 1.807) is 34.4 Å². The molecule has 1 amide bonds. The number of para-hydroxylation sites is 1. The van der Waals surface area contributed by atoms with Crippen molar-refractivity contribution >= 4 is 22.9 Å². The molecule has 1 fully saturated rings. The highest BCUT2D eigenvalue weighted by Gasteiger charge is 2.35. The number of carbonyl (C=O) groups is 1. The molecule has 1 aliphatic rings. The summed E-state index contributed by atoms with van der Waals surface area (Å²) in [6.07, 6.45) is 2.76. The van der Waals surface area contributed by atoms with Crippen LogP contribution in [0, 0.1) is 10.1 Å². The van der Waals surface area contributed by atoms with Crippen LogP contribution in [0.1, 0.15) is 28.1 Å². The zero-order valence-electron chi connectivity index (χ0n) is 12.0. The molecule has 1 heterocycles. The van der Waals surface area contributed by atoms with E-state index in [0.717, 1.165) is 19.3 Å². The van der Waals surface area contributed by atoms with Crippen LogP contribution in [0.2, 0.25) is 0 Å². The van der Waals surface area contributed by atoms with E-state index < -0.39 is 4.92 Å². The van der Waals surface area contributed by atoms with Crippen molar-refractivity contribution in [3.63, 3.8) is 0 Å². The topological polar surface area (TPSA) is 63.4 Å². The minimum atomic E-state index is -0.489. The first-order valence-corrected chi connectivity index (χ1v) is 8.11. The quantitative estimate of drug-likeness (QED) is 0.605. The van der Waals surface area contributed by atoms with Crippen molar-refractivity contribution in [1.82, 2.24) is 4.90 Å². The first-order valence-electron chi connectivity index (χ1n) is 7.23. The van der Waals surface area contributed by atoms with E-state index in [9.17, 15) is 14.9 Å². The summed E-state index contributed by atoms with van der Waals surface area (Å²) in [5.74, 6) is -0.230. The molecule has 22 heavy (non-hydrogen) atoms. The van der Waals surface area contributed by atoms with Gasteiger partial charge in [-0.05, 0) is 36.8 Å². The van der Waals surface area contributed by atoms with Gasteiger partial charge in [0.15, 0.2) is 0 Å². The molecule has 1 saturated carbocycles. The Balaban J connectivity index is 1.79. The summed E-state index contributed by atoms with van der Waals surface area (Å²) < 4.78 is 0. The second-order valence-corrected chi connectivity index (χ2v) is 6.37. The average Bonchev–Trinajstić information content (AvgIpc) is 3.22. The van der Waals surface area contributed by atoms with Crippen molar-refractivity contribution in [1.29, 1.82) is 0 Å². The molecule has 114 valence electrons. The number of rotatable bonds is 6. The predicted molar refractivity (Wildman–Crippen MR) is 85.2 cm³/mol. The van der Waals surface area contributed by atoms with Crippen LogP contribution in [0.5, 0.6) is 0 Å². The van der Waals surface area contributed by atoms with Crippen LogP contribution < -0.4 is 0 Å². The molecule has 5 nitrogen and oxygen atoms in total. The van der Waals surface area contributed by atoms with Crippen LogP contribution in [0.4, 0.5) is 5.69 Å². The first-order chi connectivity index (χ1) is 10.7. The van der Waals surface area contributed by atoms with Gasteiger partial charge in [0.1, 0.15) is 5.56 Å². The lowest BCUT2D eigenvalue weighted by molar-refractivity contribution is -0.385. The van der Waals surface area contributed by atoms with Crippen LogP contribution in [0.3, 0.4) is 0 Å².